The van der Waals surface area contributed by atoms with Crippen LogP contribution in [0, 0.1) is 6.92 Å². The molecular weight excluding hydrogens is 378 g/mol. The highest BCUT2D eigenvalue weighted by Crippen LogP contribution is 2.26. The van der Waals surface area contributed by atoms with E-state index in [0.29, 0.717) is 33.3 Å². The summed E-state index contributed by atoms with van der Waals surface area (Å²) in [6.07, 6.45) is 1.54. The highest BCUT2D eigenvalue weighted by atomic mass is 35.5. The number of benzene rings is 2. The highest BCUT2D eigenvalue weighted by Gasteiger charge is 2.10. The van der Waals surface area contributed by atoms with Crippen molar-refractivity contribution in [1.29, 1.82) is 0 Å². The van der Waals surface area contributed by atoms with Gasteiger partial charge in [-0.2, -0.15) is 0 Å². The molecule has 0 radical (unpaired) electrons. The maximum atomic E-state index is 12.3. The summed E-state index contributed by atoms with van der Waals surface area (Å²) in [6, 6.07) is 15.5. The number of hydrogen-bond donors (Lipinski definition) is 2. The van der Waals surface area contributed by atoms with Gasteiger partial charge in [0.15, 0.2) is 0 Å². The zero-order valence-corrected chi connectivity index (χ0v) is 16.1. The quantitative estimate of drug-likeness (QED) is 0.605. The number of aromatic nitrogens is 1. The standard InChI is InChI=1S/C21H18ClN3O3/c1-13-4-3-5-14(10-13)20(26)24-16-7-9-19(23-12-16)25-18-11-15(21(27)28-2)6-8-17(18)22/h3-12H,1-2H3,(H,23,25)(H,24,26). The molecule has 3 aromatic rings. The van der Waals surface area contributed by atoms with Crippen LogP contribution in [0.15, 0.2) is 60.8 Å². The van der Waals surface area contributed by atoms with Crippen LogP contribution >= 0.6 is 11.6 Å². The summed E-state index contributed by atoms with van der Waals surface area (Å²) < 4.78 is 4.71. The molecule has 0 spiro atoms. The average Bonchev–Trinajstić information content (AvgIpc) is 2.70. The molecule has 0 aliphatic carbocycles. The number of rotatable bonds is 5. The first-order valence-electron chi connectivity index (χ1n) is 8.45. The van der Waals surface area contributed by atoms with Crippen molar-refractivity contribution in [2.45, 2.75) is 6.92 Å². The molecule has 142 valence electrons. The Labute approximate surface area is 167 Å². The number of esters is 1. The topological polar surface area (TPSA) is 80.3 Å². The molecule has 2 N–H and O–H groups in total. The number of nitrogens with one attached hydrogen (secondary N) is 2. The maximum Gasteiger partial charge on any atom is 0.337 e. The van der Waals surface area contributed by atoms with Crippen LogP contribution < -0.4 is 10.6 Å². The van der Waals surface area contributed by atoms with Gasteiger partial charge in [-0.05, 0) is 49.4 Å². The van der Waals surface area contributed by atoms with Gasteiger partial charge in [0.05, 0.1) is 35.3 Å². The molecule has 0 bridgehead atoms. The summed E-state index contributed by atoms with van der Waals surface area (Å²) in [7, 11) is 1.31. The van der Waals surface area contributed by atoms with E-state index in [0.717, 1.165) is 5.56 Å². The van der Waals surface area contributed by atoms with Gasteiger partial charge >= 0.3 is 5.97 Å². The number of pyridine rings is 1. The van der Waals surface area contributed by atoms with Gasteiger partial charge in [-0.3, -0.25) is 4.79 Å². The van der Waals surface area contributed by atoms with Crippen molar-refractivity contribution < 1.29 is 14.3 Å². The van der Waals surface area contributed by atoms with E-state index in [1.165, 1.54) is 13.3 Å². The van der Waals surface area contributed by atoms with Crippen molar-refractivity contribution in [3.05, 3.63) is 82.5 Å². The molecule has 0 atom stereocenters. The van der Waals surface area contributed by atoms with Gasteiger partial charge in [0.25, 0.3) is 5.91 Å². The summed E-state index contributed by atoms with van der Waals surface area (Å²) in [5.41, 5.74) is 3.04. The van der Waals surface area contributed by atoms with Gasteiger partial charge in [-0.15, -0.1) is 0 Å². The summed E-state index contributed by atoms with van der Waals surface area (Å²) in [5.74, 6) is -0.153. The number of ether oxygens (including phenoxy) is 1. The Morgan fingerprint density at radius 1 is 1.04 bits per heavy atom. The normalized spacial score (nSPS) is 10.2. The van der Waals surface area contributed by atoms with Gasteiger partial charge < -0.3 is 15.4 Å². The number of methoxy groups -OCH3 is 1. The molecule has 1 amide bonds. The van der Waals surface area contributed by atoms with E-state index in [9.17, 15) is 9.59 Å². The molecular formula is C21H18ClN3O3. The summed E-state index contributed by atoms with van der Waals surface area (Å²) in [6.45, 7) is 1.93. The monoisotopic (exact) mass is 395 g/mol. The number of carbonyl (C=O) groups is 2. The van der Waals surface area contributed by atoms with Crippen LogP contribution in [0.25, 0.3) is 0 Å². The van der Waals surface area contributed by atoms with Crippen LogP contribution in [0.2, 0.25) is 5.02 Å². The molecule has 0 aliphatic heterocycles. The third-order valence-corrected chi connectivity index (χ3v) is 4.28. The second kappa shape index (κ2) is 8.54. The molecule has 1 aromatic heterocycles. The first kappa shape index (κ1) is 19.4. The molecule has 1 heterocycles. The predicted molar refractivity (Wildman–Crippen MR) is 109 cm³/mol. The fourth-order valence-corrected chi connectivity index (χ4v) is 2.70. The number of anilines is 3. The highest BCUT2D eigenvalue weighted by molar-refractivity contribution is 6.33. The molecule has 0 unspecified atom stereocenters. The van der Waals surface area contributed by atoms with E-state index in [2.05, 4.69) is 15.6 Å². The van der Waals surface area contributed by atoms with Crippen LogP contribution in [-0.4, -0.2) is 24.0 Å². The number of carbonyl (C=O) groups excluding carboxylic acids is 2. The predicted octanol–water partition coefficient (Wildman–Crippen LogP) is 4.83. The zero-order chi connectivity index (χ0) is 20.1. The number of hydrogen-bond acceptors (Lipinski definition) is 5. The Balaban J connectivity index is 1.71. The van der Waals surface area contributed by atoms with Crippen molar-refractivity contribution in [1.82, 2.24) is 4.98 Å². The van der Waals surface area contributed by atoms with Crippen LogP contribution in [0.1, 0.15) is 26.3 Å². The van der Waals surface area contributed by atoms with Gasteiger partial charge in [0.1, 0.15) is 5.82 Å². The third kappa shape index (κ3) is 4.66. The summed E-state index contributed by atoms with van der Waals surface area (Å²) >= 11 is 6.18. The maximum absolute atomic E-state index is 12.3. The fourth-order valence-electron chi connectivity index (χ4n) is 2.54. The third-order valence-electron chi connectivity index (χ3n) is 3.95. The average molecular weight is 396 g/mol. The van der Waals surface area contributed by atoms with E-state index in [-0.39, 0.29) is 5.91 Å². The van der Waals surface area contributed by atoms with Crippen molar-refractivity contribution in [2.24, 2.45) is 0 Å². The van der Waals surface area contributed by atoms with E-state index in [1.807, 2.05) is 25.1 Å². The second-order valence-corrected chi connectivity index (χ2v) is 6.47. The van der Waals surface area contributed by atoms with Crippen LogP contribution in [0.5, 0.6) is 0 Å². The van der Waals surface area contributed by atoms with Gasteiger partial charge in [0.2, 0.25) is 0 Å². The molecule has 7 heteroatoms. The lowest BCUT2D eigenvalue weighted by atomic mass is 10.1. The van der Waals surface area contributed by atoms with Crippen molar-refractivity contribution in [3.8, 4) is 0 Å². The number of amides is 1. The lowest BCUT2D eigenvalue weighted by molar-refractivity contribution is 0.0600. The first-order valence-corrected chi connectivity index (χ1v) is 8.83. The molecule has 0 aliphatic rings. The van der Waals surface area contributed by atoms with Gasteiger partial charge in [-0.1, -0.05) is 29.3 Å². The van der Waals surface area contributed by atoms with Crippen molar-refractivity contribution in [2.75, 3.05) is 17.7 Å². The van der Waals surface area contributed by atoms with E-state index in [1.54, 1.807) is 36.4 Å². The summed E-state index contributed by atoms with van der Waals surface area (Å²) in [4.78, 5) is 28.2. The summed E-state index contributed by atoms with van der Waals surface area (Å²) in [5, 5.41) is 6.29. The molecule has 0 saturated heterocycles. The number of aryl methyl sites for hydroxylation is 1. The van der Waals surface area contributed by atoms with Crippen LogP contribution in [-0.2, 0) is 4.74 Å². The lowest BCUT2D eigenvalue weighted by Crippen LogP contribution is -2.12. The van der Waals surface area contributed by atoms with Gasteiger partial charge in [-0.25, -0.2) is 9.78 Å². The second-order valence-electron chi connectivity index (χ2n) is 6.07. The minimum Gasteiger partial charge on any atom is -0.465 e. The molecule has 2 aromatic carbocycles. The van der Waals surface area contributed by atoms with Crippen LogP contribution in [0.3, 0.4) is 0 Å². The molecule has 6 nitrogen and oxygen atoms in total. The first-order chi connectivity index (χ1) is 13.5. The smallest absolute Gasteiger partial charge is 0.337 e. The lowest BCUT2D eigenvalue weighted by Gasteiger charge is -2.10. The van der Waals surface area contributed by atoms with E-state index in [4.69, 9.17) is 16.3 Å². The molecule has 0 fully saturated rings. The van der Waals surface area contributed by atoms with Crippen molar-refractivity contribution >= 4 is 40.7 Å². The van der Waals surface area contributed by atoms with Gasteiger partial charge in [0, 0.05) is 5.56 Å². The largest absolute Gasteiger partial charge is 0.465 e. The van der Waals surface area contributed by atoms with E-state index < -0.39 is 5.97 Å². The number of halogens is 1. The van der Waals surface area contributed by atoms with Crippen molar-refractivity contribution in [3.63, 3.8) is 0 Å². The SMILES string of the molecule is COC(=O)c1ccc(Cl)c(Nc2ccc(NC(=O)c3cccc(C)c3)cn2)c1. The molecule has 3 rings (SSSR count). The Kier molecular flexibility index (Phi) is 5.91. The molecule has 0 saturated carbocycles. The minimum atomic E-state index is -0.457. The van der Waals surface area contributed by atoms with Crippen LogP contribution in [0.4, 0.5) is 17.2 Å². The Bertz CT molecular complexity index is 1020. The zero-order valence-electron chi connectivity index (χ0n) is 15.3. The Morgan fingerprint density at radius 2 is 1.86 bits per heavy atom. The Hall–Kier alpha value is -3.38. The molecule has 28 heavy (non-hydrogen) atoms. The minimum absolute atomic E-state index is 0.208. The fraction of sp³-hybridized carbons (Fsp3) is 0.0952. The number of nitrogens with zero attached hydrogens (tertiary/aromatic N) is 1. The van der Waals surface area contributed by atoms with E-state index >= 15 is 0 Å². The Morgan fingerprint density at radius 3 is 2.54 bits per heavy atom.